The van der Waals surface area contributed by atoms with Gasteiger partial charge in [-0.15, -0.1) is 0 Å². The van der Waals surface area contributed by atoms with Gasteiger partial charge in [0.15, 0.2) is 0 Å². The van der Waals surface area contributed by atoms with Gasteiger partial charge < -0.3 is 20.8 Å². The Kier molecular flexibility index (Phi) is 5.04. The van der Waals surface area contributed by atoms with Crippen molar-refractivity contribution in [2.75, 3.05) is 10.6 Å². The smallest absolute Gasteiger partial charge is 0.148 e. The fourth-order valence-electron chi connectivity index (χ4n) is 2.57. The Bertz CT molecular complexity index is 868. The summed E-state index contributed by atoms with van der Waals surface area (Å²) in [7, 11) is 0. The molecule has 25 heavy (non-hydrogen) atoms. The largest absolute Gasteiger partial charge is 0.508 e. The Morgan fingerprint density at radius 3 is 1.88 bits per heavy atom. The summed E-state index contributed by atoms with van der Waals surface area (Å²) in [4.78, 5) is 0. The predicted molar refractivity (Wildman–Crippen MR) is 97.3 cm³/mol. The topological polar surface area (TPSA) is 64.5 Å². The van der Waals surface area contributed by atoms with Crippen LogP contribution in [0.4, 0.5) is 15.8 Å². The van der Waals surface area contributed by atoms with Gasteiger partial charge in [-0.2, -0.15) is 0 Å². The van der Waals surface area contributed by atoms with Crippen molar-refractivity contribution in [1.29, 1.82) is 0 Å². The molecule has 3 aromatic rings. The highest BCUT2D eigenvalue weighted by molar-refractivity contribution is 5.69. The first-order chi connectivity index (χ1) is 12.1. The van der Waals surface area contributed by atoms with Gasteiger partial charge in [0, 0.05) is 13.1 Å². The van der Waals surface area contributed by atoms with E-state index in [4.69, 9.17) is 0 Å². The molecule has 3 aromatic carbocycles. The zero-order chi connectivity index (χ0) is 17.6. The number of phenolic OH excluding ortho intramolecular Hbond substituents is 2. The molecule has 0 atom stereocenters. The second-order valence-corrected chi connectivity index (χ2v) is 5.71. The van der Waals surface area contributed by atoms with Crippen LogP contribution in [0.3, 0.4) is 0 Å². The predicted octanol–water partition coefficient (Wildman–Crippen LogP) is 4.46. The molecule has 5 heteroatoms. The minimum Gasteiger partial charge on any atom is -0.508 e. The summed E-state index contributed by atoms with van der Waals surface area (Å²) in [5.41, 5.74) is 2.74. The Balaban J connectivity index is 1.73. The lowest BCUT2D eigenvalue weighted by atomic mass is 10.2. The molecule has 4 N–H and O–H groups in total. The molecule has 128 valence electrons. The summed E-state index contributed by atoms with van der Waals surface area (Å²) in [5, 5.41) is 25.3. The van der Waals surface area contributed by atoms with Crippen LogP contribution in [0, 0.1) is 5.82 Å². The van der Waals surface area contributed by atoms with Gasteiger partial charge in [0.1, 0.15) is 17.3 Å². The molecule has 0 radical (unpaired) electrons. The Morgan fingerprint density at radius 2 is 1.28 bits per heavy atom. The molecule has 0 aliphatic carbocycles. The van der Waals surface area contributed by atoms with E-state index in [-0.39, 0.29) is 17.3 Å². The number of aromatic hydroxyl groups is 2. The number of nitrogens with one attached hydrogen (secondary N) is 2. The fraction of sp³-hybridized carbons (Fsp3) is 0.100. The highest BCUT2D eigenvalue weighted by Crippen LogP contribution is 2.27. The molecule has 4 nitrogen and oxygen atoms in total. The molecule has 0 saturated carbocycles. The highest BCUT2D eigenvalue weighted by atomic mass is 19.1. The molecule has 0 fully saturated rings. The van der Waals surface area contributed by atoms with Gasteiger partial charge in [-0.05, 0) is 47.5 Å². The molecule has 0 saturated heterocycles. The van der Waals surface area contributed by atoms with Gasteiger partial charge in [-0.1, -0.05) is 30.3 Å². The molecule has 0 heterocycles. The first-order valence-electron chi connectivity index (χ1n) is 7.94. The number of rotatable bonds is 6. The molecular weight excluding hydrogens is 319 g/mol. The Labute approximate surface area is 145 Å². The van der Waals surface area contributed by atoms with Crippen molar-refractivity contribution in [2.45, 2.75) is 13.1 Å². The Hall–Kier alpha value is -3.21. The van der Waals surface area contributed by atoms with E-state index in [2.05, 4.69) is 10.6 Å². The number of hydrogen-bond acceptors (Lipinski definition) is 4. The average Bonchev–Trinajstić information content (AvgIpc) is 2.59. The first kappa shape index (κ1) is 16.6. The summed E-state index contributed by atoms with van der Waals surface area (Å²) >= 11 is 0. The van der Waals surface area contributed by atoms with Crippen LogP contribution < -0.4 is 10.6 Å². The van der Waals surface area contributed by atoms with Gasteiger partial charge in [0.05, 0.1) is 11.4 Å². The SMILES string of the molecule is Oc1cccc(CNc2cccc(F)c2NCc2cccc(O)c2)c1. The maximum absolute atomic E-state index is 14.2. The average molecular weight is 338 g/mol. The van der Waals surface area contributed by atoms with Crippen LogP contribution in [-0.2, 0) is 13.1 Å². The number of anilines is 2. The van der Waals surface area contributed by atoms with Crippen molar-refractivity contribution in [3.63, 3.8) is 0 Å². The van der Waals surface area contributed by atoms with Crippen LogP contribution in [-0.4, -0.2) is 10.2 Å². The van der Waals surface area contributed by atoms with Crippen molar-refractivity contribution in [3.8, 4) is 11.5 Å². The zero-order valence-electron chi connectivity index (χ0n) is 13.5. The number of phenols is 2. The third kappa shape index (κ3) is 4.41. The summed E-state index contributed by atoms with van der Waals surface area (Å²) < 4.78 is 14.2. The first-order valence-corrected chi connectivity index (χ1v) is 7.94. The molecule has 0 aromatic heterocycles. The molecule has 0 unspecified atom stereocenters. The monoisotopic (exact) mass is 338 g/mol. The van der Waals surface area contributed by atoms with Crippen LogP contribution in [0.1, 0.15) is 11.1 Å². The van der Waals surface area contributed by atoms with Crippen molar-refractivity contribution < 1.29 is 14.6 Å². The normalized spacial score (nSPS) is 10.4. The third-order valence-electron chi connectivity index (χ3n) is 3.79. The van der Waals surface area contributed by atoms with Crippen LogP contribution in [0.2, 0.25) is 0 Å². The van der Waals surface area contributed by atoms with E-state index in [9.17, 15) is 14.6 Å². The fourth-order valence-corrected chi connectivity index (χ4v) is 2.57. The molecule has 3 rings (SSSR count). The molecule has 0 amide bonds. The Morgan fingerprint density at radius 1 is 0.720 bits per heavy atom. The maximum Gasteiger partial charge on any atom is 0.148 e. The molecule has 0 bridgehead atoms. The van der Waals surface area contributed by atoms with Gasteiger partial charge >= 0.3 is 0 Å². The standard InChI is InChI=1S/C20H19FN2O2/c21-18-8-3-9-19(22-12-14-4-1-6-16(24)10-14)20(18)23-13-15-5-2-7-17(25)11-15/h1-11,22-25H,12-13H2. The molecular formula is C20H19FN2O2. The van der Waals surface area contributed by atoms with Crippen molar-refractivity contribution in [2.24, 2.45) is 0 Å². The van der Waals surface area contributed by atoms with Crippen LogP contribution in [0.5, 0.6) is 11.5 Å². The van der Waals surface area contributed by atoms with E-state index < -0.39 is 0 Å². The molecule has 0 aliphatic rings. The van der Waals surface area contributed by atoms with E-state index in [1.165, 1.54) is 6.07 Å². The van der Waals surface area contributed by atoms with Crippen LogP contribution in [0.15, 0.2) is 66.7 Å². The summed E-state index contributed by atoms with van der Waals surface area (Å²) in [6.07, 6.45) is 0. The van der Waals surface area contributed by atoms with Gasteiger partial charge in [0.25, 0.3) is 0 Å². The minimum absolute atomic E-state index is 0.176. The highest BCUT2D eigenvalue weighted by Gasteiger charge is 2.08. The van der Waals surface area contributed by atoms with E-state index in [0.717, 1.165) is 11.1 Å². The molecule has 0 aliphatic heterocycles. The van der Waals surface area contributed by atoms with Crippen molar-refractivity contribution in [1.82, 2.24) is 0 Å². The molecule has 0 spiro atoms. The van der Waals surface area contributed by atoms with Crippen molar-refractivity contribution in [3.05, 3.63) is 83.7 Å². The number of benzene rings is 3. The summed E-state index contributed by atoms with van der Waals surface area (Å²) in [5.74, 6) is 0.0110. The number of para-hydroxylation sites is 1. The second-order valence-electron chi connectivity index (χ2n) is 5.71. The van der Waals surface area contributed by atoms with E-state index >= 15 is 0 Å². The van der Waals surface area contributed by atoms with E-state index in [1.807, 2.05) is 12.1 Å². The number of hydrogen-bond donors (Lipinski definition) is 4. The number of halogens is 1. The van der Waals surface area contributed by atoms with Gasteiger partial charge in [-0.25, -0.2) is 4.39 Å². The lowest BCUT2D eigenvalue weighted by Gasteiger charge is -2.15. The minimum atomic E-state index is -0.360. The van der Waals surface area contributed by atoms with Crippen LogP contribution >= 0.6 is 0 Å². The lowest BCUT2D eigenvalue weighted by molar-refractivity contribution is 0.474. The van der Waals surface area contributed by atoms with E-state index in [0.29, 0.717) is 24.5 Å². The van der Waals surface area contributed by atoms with Gasteiger partial charge in [0.2, 0.25) is 0 Å². The van der Waals surface area contributed by atoms with Crippen molar-refractivity contribution >= 4 is 11.4 Å². The lowest BCUT2D eigenvalue weighted by Crippen LogP contribution is -2.07. The van der Waals surface area contributed by atoms with Gasteiger partial charge in [-0.3, -0.25) is 0 Å². The van der Waals surface area contributed by atoms with Crippen LogP contribution in [0.25, 0.3) is 0 Å². The van der Waals surface area contributed by atoms with E-state index in [1.54, 1.807) is 48.5 Å². The summed E-state index contributed by atoms with van der Waals surface area (Å²) in [6, 6.07) is 18.6. The summed E-state index contributed by atoms with van der Waals surface area (Å²) in [6.45, 7) is 0.842. The quantitative estimate of drug-likeness (QED) is 0.536. The zero-order valence-corrected chi connectivity index (χ0v) is 13.5. The maximum atomic E-state index is 14.2. The second kappa shape index (κ2) is 7.57. The third-order valence-corrected chi connectivity index (χ3v) is 3.79.